The van der Waals surface area contributed by atoms with Crippen LogP contribution in [-0.4, -0.2) is 32.5 Å². The quantitative estimate of drug-likeness (QED) is 0.202. The lowest BCUT2D eigenvalue weighted by Crippen LogP contribution is -2.21. The van der Waals surface area contributed by atoms with Crippen molar-refractivity contribution in [2.45, 2.75) is 13.0 Å². The van der Waals surface area contributed by atoms with Gasteiger partial charge in [0.1, 0.15) is 5.65 Å². The van der Waals surface area contributed by atoms with Crippen molar-refractivity contribution < 1.29 is 14.5 Å². The van der Waals surface area contributed by atoms with Gasteiger partial charge in [0.2, 0.25) is 0 Å². The van der Waals surface area contributed by atoms with Crippen molar-refractivity contribution in [3.63, 3.8) is 0 Å². The van der Waals surface area contributed by atoms with Crippen molar-refractivity contribution >= 4 is 34.9 Å². The summed E-state index contributed by atoms with van der Waals surface area (Å²) in [6.45, 7) is 1.89. The van der Waals surface area contributed by atoms with Gasteiger partial charge in [0.25, 0.3) is 11.2 Å². The molecule has 0 bridgehead atoms. The van der Waals surface area contributed by atoms with E-state index in [-0.39, 0.29) is 38.8 Å². The van der Waals surface area contributed by atoms with E-state index in [9.17, 15) is 19.7 Å². The highest BCUT2D eigenvalue weighted by atomic mass is 32.1. The second kappa shape index (κ2) is 8.75. The van der Waals surface area contributed by atoms with E-state index in [1.165, 1.54) is 31.4 Å². The van der Waals surface area contributed by atoms with Crippen LogP contribution in [0.2, 0.25) is 0 Å². The number of aromatic nitrogens is 3. The lowest BCUT2D eigenvalue weighted by Gasteiger charge is -2.20. The third-order valence-corrected chi connectivity index (χ3v) is 5.62. The number of fused-ring (bicyclic) bond motifs is 1. The molecule has 166 valence electrons. The van der Waals surface area contributed by atoms with Gasteiger partial charge in [-0.1, -0.05) is 42.5 Å². The minimum absolute atomic E-state index is 0.0192. The van der Waals surface area contributed by atoms with Crippen LogP contribution in [0.4, 0.5) is 5.69 Å². The minimum Gasteiger partial charge on any atom is -0.465 e. The Hall–Kier alpha value is -4.18. The molecule has 0 aliphatic rings. The fourth-order valence-corrected chi connectivity index (χ4v) is 4.02. The highest BCUT2D eigenvalue weighted by Crippen LogP contribution is 2.29. The number of nitrogens with one attached hydrogen (secondary N) is 1. The SMILES string of the molecule is COC(=O)c1cc(-c2cccc([N+](=O)[O-])c2)nc2c1c(=O)[nH]c(=S)n2C(C)c1ccccc1. The monoisotopic (exact) mass is 462 g/mol. The maximum absolute atomic E-state index is 12.9. The Morgan fingerprint density at radius 2 is 1.91 bits per heavy atom. The van der Waals surface area contributed by atoms with Gasteiger partial charge in [0.15, 0.2) is 4.77 Å². The van der Waals surface area contributed by atoms with Gasteiger partial charge in [0, 0.05) is 17.7 Å². The molecule has 0 amide bonds. The van der Waals surface area contributed by atoms with Gasteiger partial charge in [0.05, 0.1) is 34.7 Å². The molecule has 2 heterocycles. The van der Waals surface area contributed by atoms with Crippen LogP contribution in [0.3, 0.4) is 0 Å². The van der Waals surface area contributed by atoms with Gasteiger partial charge in [-0.05, 0) is 30.8 Å². The van der Waals surface area contributed by atoms with Gasteiger partial charge in [-0.15, -0.1) is 0 Å². The van der Waals surface area contributed by atoms with Crippen LogP contribution < -0.4 is 5.56 Å². The summed E-state index contributed by atoms with van der Waals surface area (Å²) in [5.74, 6) is -0.740. The third-order valence-electron chi connectivity index (χ3n) is 5.32. The Morgan fingerprint density at radius 1 is 1.18 bits per heavy atom. The summed E-state index contributed by atoms with van der Waals surface area (Å²) >= 11 is 5.46. The molecule has 0 radical (unpaired) electrons. The standard InChI is InChI=1S/C23H18N4O5S/c1-13(14-7-4-3-5-8-14)26-20-19(21(28)25-23(26)33)17(22(29)32-2)12-18(24-20)15-9-6-10-16(11-15)27(30)31/h3-13H,1-2H3,(H,25,28,33). The number of hydrogen-bond donors (Lipinski definition) is 1. The Bertz CT molecular complexity index is 1510. The normalized spacial score (nSPS) is 11.8. The average molecular weight is 462 g/mol. The number of esters is 1. The van der Waals surface area contributed by atoms with Crippen LogP contribution >= 0.6 is 12.2 Å². The summed E-state index contributed by atoms with van der Waals surface area (Å²) in [6, 6.07) is 16.4. The van der Waals surface area contributed by atoms with E-state index >= 15 is 0 Å². The topological polar surface area (TPSA) is 120 Å². The highest BCUT2D eigenvalue weighted by Gasteiger charge is 2.22. The van der Waals surface area contributed by atoms with E-state index in [2.05, 4.69) is 9.97 Å². The summed E-state index contributed by atoms with van der Waals surface area (Å²) in [7, 11) is 1.21. The molecule has 0 spiro atoms. The maximum Gasteiger partial charge on any atom is 0.338 e. The zero-order valence-corrected chi connectivity index (χ0v) is 18.5. The van der Waals surface area contributed by atoms with Crippen molar-refractivity contribution in [3.8, 4) is 11.3 Å². The van der Waals surface area contributed by atoms with E-state index in [4.69, 9.17) is 17.0 Å². The predicted molar refractivity (Wildman–Crippen MR) is 125 cm³/mol. The van der Waals surface area contributed by atoms with Crippen molar-refractivity contribution in [2.75, 3.05) is 7.11 Å². The van der Waals surface area contributed by atoms with Crippen molar-refractivity contribution in [1.29, 1.82) is 0 Å². The summed E-state index contributed by atoms with van der Waals surface area (Å²) in [4.78, 5) is 43.5. The number of ether oxygens (including phenoxy) is 1. The number of H-pyrrole nitrogens is 1. The van der Waals surface area contributed by atoms with Gasteiger partial charge >= 0.3 is 5.97 Å². The Labute approximate surface area is 192 Å². The third kappa shape index (κ3) is 4.03. The van der Waals surface area contributed by atoms with Crippen LogP contribution in [0, 0.1) is 14.9 Å². The average Bonchev–Trinajstić information content (AvgIpc) is 2.83. The molecular formula is C23H18N4O5S. The lowest BCUT2D eigenvalue weighted by molar-refractivity contribution is -0.384. The van der Waals surface area contributed by atoms with Crippen LogP contribution in [0.1, 0.15) is 28.9 Å². The molecule has 4 aromatic rings. The molecule has 0 aliphatic heterocycles. The maximum atomic E-state index is 12.9. The zero-order valence-electron chi connectivity index (χ0n) is 17.6. The number of hydrogen-bond acceptors (Lipinski definition) is 7. The molecule has 0 saturated carbocycles. The number of aromatic amines is 1. The number of non-ortho nitro benzene ring substituents is 1. The van der Waals surface area contributed by atoms with Gasteiger partial charge in [-0.3, -0.25) is 24.5 Å². The van der Waals surface area contributed by atoms with Crippen molar-refractivity contribution in [3.05, 3.63) is 97.0 Å². The lowest BCUT2D eigenvalue weighted by atomic mass is 10.0. The number of nitrogens with zero attached hydrogens (tertiary/aromatic N) is 3. The van der Waals surface area contributed by atoms with E-state index < -0.39 is 16.5 Å². The van der Waals surface area contributed by atoms with Crippen molar-refractivity contribution in [1.82, 2.24) is 14.5 Å². The fourth-order valence-electron chi connectivity index (χ4n) is 3.68. The van der Waals surface area contributed by atoms with Gasteiger partial charge in [-0.25, -0.2) is 9.78 Å². The molecule has 0 fully saturated rings. The second-order valence-electron chi connectivity index (χ2n) is 7.27. The number of methoxy groups -OCH3 is 1. The van der Waals surface area contributed by atoms with E-state index in [0.29, 0.717) is 5.56 Å². The number of carbonyl (C=O) groups is 1. The number of carbonyl (C=O) groups excluding carboxylic acids is 1. The number of nitro benzene ring substituents is 1. The molecule has 0 saturated heterocycles. The zero-order chi connectivity index (χ0) is 23.7. The first kappa shape index (κ1) is 22.0. The molecule has 1 atom stereocenters. The predicted octanol–water partition coefficient (Wildman–Crippen LogP) is 4.43. The smallest absolute Gasteiger partial charge is 0.338 e. The summed E-state index contributed by atoms with van der Waals surface area (Å²) < 4.78 is 6.68. The number of nitro groups is 1. The molecule has 9 nitrogen and oxygen atoms in total. The molecule has 4 rings (SSSR count). The molecule has 1 unspecified atom stereocenters. The number of pyridine rings is 1. The van der Waals surface area contributed by atoms with Crippen LogP contribution in [0.5, 0.6) is 0 Å². The Kier molecular flexibility index (Phi) is 5.84. The Morgan fingerprint density at radius 3 is 2.58 bits per heavy atom. The number of benzene rings is 2. The molecule has 1 N–H and O–H groups in total. The molecule has 0 aliphatic carbocycles. The Balaban J connectivity index is 2.10. The van der Waals surface area contributed by atoms with Crippen molar-refractivity contribution in [2.24, 2.45) is 0 Å². The molecule has 33 heavy (non-hydrogen) atoms. The highest BCUT2D eigenvalue weighted by molar-refractivity contribution is 7.71. The molecule has 2 aromatic carbocycles. The first-order chi connectivity index (χ1) is 15.8. The van der Waals surface area contributed by atoms with Crippen LogP contribution in [-0.2, 0) is 4.74 Å². The first-order valence-electron chi connectivity index (χ1n) is 9.89. The molecular weight excluding hydrogens is 444 g/mol. The van der Waals surface area contributed by atoms with E-state index in [1.807, 2.05) is 37.3 Å². The first-order valence-corrected chi connectivity index (χ1v) is 10.3. The summed E-state index contributed by atoms with van der Waals surface area (Å²) in [5, 5.41) is 11.3. The minimum atomic E-state index is -0.740. The number of rotatable bonds is 5. The van der Waals surface area contributed by atoms with Gasteiger partial charge in [-0.2, -0.15) is 0 Å². The van der Waals surface area contributed by atoms with E-state index in [1.54, 1.807) is 10.6 Å². The van der Waals surface area contributed by atoms with Crippen LogP contribution in [0.25, 0.3) is 22.3 Å². The van der Waals surface area contributed by atoms with Gasteiger partial charge < -0.3 is 4.74 Å². The molecule has 2 aromatic heterocycles. The molecule has 10 heteroatoms. The largest absolute Gasteiger partial charge is 0.465 e. The summed E-state index contributed by atoms with van der Waals surface area (Å²) in [5.41, 5.74) is 1.02. The summed E-state index contributed by atoms with van der Waals surface area (Å²) in [6.07, 6.45) is 0. The fraction of sp³-hybridized carbons (Fsp3) is 0.130. The van der Waals surface area contributed by atoms with Crippen LogP contribution in [0.15, 0.2) is 65.5 Å². The van der Waals surface area contributed by atoms with E-state index in [0.717, 1.165) is 5.56 Å². The second-order valence-corrected chi connectivity index (χ2v) is 7.66.